The fourth-order valence-electron chi connectivity index (χ4n) is 1.87. The van der Waals surface area contributed by atoms with Crippen LogP contribution in [0.1, 0.15) is 31.4 Å². The van der Waals surface area contributed by atoms with Crippen LogP contribution in [0.5, 0.6) is 0 Å². The Morgan fingerprint density at radius 1 is 1.38 bits per heavy atom. The maximum Gasteiger partial charge on any atom is 0.416 e. The van der Waals surface area contributed by atoms with Crippen LogP contribution in [0.3, 0.4) is 0 Å². The quantitative estimate of drug-likeness (QED) is 0.621. The molecular weight excluding hydrogens is 283 g/mol. The molecule has 0 saturated heterocycles. The largest absolute Gasteiger partial charge is 0.464 e. The van der Waals surface area contributed by atoms with Gasteiger partial charge in [0.2, 0.25) is 0 Å². The molecule has 0 aliphatic heterocycles. The molecule has 1 unspecified atom stereocenters. The molecule has 21 heavy (non-hydrogen) atoms. The molecule has 1 rings (SSSR count). The van der Waals surface area contributed by atoms with Gasteiger partial charge in [0.25, 0.3) is 0 Å². The van der Waals surface area contributed by atoms with E-state index in [9.17, 15) is 18.0 Å². The van der Waals surface area contributed by atoms with Crippen molar-refractivity contribution in [3.63, 3.8) is 0 Å². The standard InChI is InChI=1S/C15H20F3NO2/c1-3-14(20)21-8-7-19-11(2)9-12-5-4-6-13(10-12)15(16,17)18/h4-6,10-11,19H,3,7-9H2,1-2H3. The van der Waals surface area contributed by atoms with Crippen LogP contribution in [0, 0.1) is 0 Å². The Balaban J connectivity index is 2.41. The number of carbonyl (C=O) groups excluding carboxylic acids is 1. The lowest BCUT2D eigenvalue weighted by atomic mass is 10.0. The Bertz CT molecular complexity index is 460. The van der Waals surface area contributed by atoms with E-state index in [1.807, 2.05) is 6.92 Å². The highest BCUT2D eigenvalue weighted by molar-refractivity contribution is 5.68. The molecule has 1 aromatic carbocycles. The molecule has 1 N–H and O–H groups in total. The van der Waals surface area contributed by atoms with Gasteiger partial charge in [0.05, 0.1) is 5.56 Å². The van der Waals surface area contributed by atoms with E-state index in [-0.39, 0.29) is 18.6 Å². The maximum atomic E-state index is 12.6. The Hall–Kier alpha value is -1.56. The minimum absolute atomic E-state index is 0.00573. The smallest absolute Gasteiger partial charge is 0.416 e. The fraction of sp³-hybridized carbons (Fsp3) is 0.533. The van der Waals surface area contributed by atoms with Crippen molar-refractivity contribution in [2.45, 2.75) is 38.9 Å². The second kappa shape index (κ2) is 8.02. The third-order valence-electron chi connectivity index (χ3n) is 2.94. The van der Waals surface area contributed by atoms with Gasteiger partial charge in [0, 0.05) is 19.0 Å². The van der Waals surface area contributed by atoms with Crippen molar-refractivity contribution in [3.05, 3.63) is 35.4 Å². The number of alkyl halides is 3. The SMILES string of the molecule is CCC(=O)OCCNC(C)Cc1cccc(C(F)(F)F)c1. The van der Waals surface area contributed by atoms with Crippen LogP contribution in [-0.2, 0) is 22.1 Å². The van der Waals surface area contributed by atoms with Crippen LogP contribution in [0.2, 0.25) is 0 Å². The number of carbonyl (C=O) groups is 1. The molecule has 0 amide bonds. The summed E-state index contributed by atoms with van der Waals surface area (Å²) in [5, 5.41) is 3.11. The molecule has 0 aliphatic rings. The van der Waals surface area contributed by atoms with E-state index in [4.69, 9.17) is 4.74 Å². The van der Waals surface area contributed by atoms with Crippen LogP contribution in [0.4, 0.5) is 13.2 Å². The van der Waals surface area contributed by atoms with Crippen molar-refractivity contribution in [2.75, 3.05) is 13.2 Å². The minimum Gasteiger partial charge on any atom is -0.464 e. The molecule has 0 saturated carbocycles. The molecular formula is C15H20F3NO2. The average Bonchev–Trinajstić information content (AvgIpc) is 2.42. The van der Waals surface area contributed by atoms with E-state index in [0.29, 0.717) is 24.9 Å². The third-order valence-corrected chi connectivity index (χ3v) is 2.94. The van der Waals surface area contributed by atoms with Gasteiger partial charge < -0.3 is 10.1 Å². The van der Waals surface area contributed by atoms with Crippen molar-refractivity contribution in [1.82, 2.24) is 5.32 Å². The Morgan fingerprint density at radius 3 is 2.71 bits per heavy atom. The lowest BCUT2D eigenvalue weighted by Crippen LogP contribution is -2.31. The summed E-state index contributed by atoms with van der Waals surface area (Å²) in [6.07, 6.45) is -3.51. The fourth-order valence-corrected chi connectivity index (χ4v) is 1.87. The van der Waals surface area contributed by atoms with Gasteiger partial charge >= 0.3 is 12.1 Å². The minimum atomic E-state index is -4.32. The van der Waals surface area contributed by atoms with Gasteiger partial charge in [-0.15, -0.1) is 0 Å². The van der Waals surface area contributed by atoms with Crippen LogP contribution in [-0.4, -0.2) is 25.2 Å². The van der Waals surface area contributed by atoms with E-state index in [1.165, 1.54) is 6.07 Å². The molecule has 0 fully saturated rings. The van der Waals surface area contributed by atoms with Gasteiger partial charge in [-0.25, -0.2) is 0 Å². The van der Waals surface area contributed by atoms with E-state index in [2.05, 4.69) is 5.32 Å². The Labute approximate surface area is 122 Å². The van der Waals surface area contributed by atoms with E-state index in [0.717, 1.165) is 12.1 Å². The van der Waals surface area contributed by atoms with Crippen LogP contribution >= 0.6 is 0 Å². The Kier molecular flexibility index (Phi) is 6.68. The predicted octanol–water partition coefficient (Wildman–Crippen LogP) is 3.18. The number of ether oxygens (including phenoxy) is 1. The van der Waals surface area contributed by atoms with Gasteiger partial charge in [-0.1, -0.05) is 25.1 Å². The summed E-state index contributed by atoms with van der Waals surface area (Å²) in [6, 6.07) is 5.30. The normalized spacial score (nSPS) is 13.0. The third kappa shape index (κ3) is 6.62. The zero-order chi connectivity index (χ0) is 15.9. The van der Waals surface area contributed by atoms with Gasteiger partial charge in [-0.05, 0) is 25.0 Å². The molecule has 0 aliphatic carbocycles. The number of hydrogen-bond acceptors (Lipinski definition) is 3. The summed E-state index contributed by atoms with van der Waals surface area (Å²) in [5.74, 6) is -0.262. The monoisotopic (exact) mass is 303 g/mol. The molecule has 0 heterocycles. The number of hydrogen-bond donors (Lipinski definition) is 1. The van der Waals surface area contributed by atoms with Crippen molar-refractivity contribution in [1.29, 1.82) is 0 Å². The van der Waals surface area contributed by atoms with Gasteiger partial charge in [-0.3, -0.25) is 4.79 Å². The summed E-state index contributed by atoms with van der Waals surface area (Å²) in [7, 11) is 0. The number of halogens is 3. The summed E-state index contributed by atoms with van der Waals surface area (Å²) in [6.45, 7) is 4.33. The number of nitrogens with one attached hydrogen (secondary N) is 1. The topological polar surface area (TPSA) is 38.3 Å². The molecule has 0 bridgehead atoms. The van der Waals surface area contributed by atoms with Crippen molar-refractivity contribution < 1.29 is 22.7 Å². The van der Waals surface area contributed by atoms with Gasteiger partial charge in [0.15, 0.2) is 0 Å². The summed E-state index contributed by atoms with van der Waals surface area (Å²) in [4.78, 5) is 10.9. The van der Waals surface area contributed by atoms with Crippen LogP contribution in [0.15, 0.2) is 24.3 Å². The number of esters is 1. The highest BCUT2D eigenvalue weighted by atomic mass is 19.4. The highest BCUT2D eigenvalue weighted by Crippen LogP contribution is 2.29. The average molecular weight is 303 g/mol. The molecule has 1 atom stereocenters. The highest BCUT2D eigenvalue weighted by Gasteiger charge is 2.30. The first kappa shape index (κ1) is 17.5. The van der Waals surface area contributed by atoms with Crippen molar-refractivity contribution in [2.24, 2.45) is 0 Å². The Morgan fingerprint density at radius 2 is 2.10 bits per heavy atom. The van der Waals surface area contributed by atoms with E-state index in [1.54, 1.807) is 13.0 Å². The van der Waals surface area contributed by atoms with Crippen molar-refractivity contribution in [3.8, 4) is 0 Å². The first-order valence-electron chi connectivity index (χ1n) is 6.88. The van der Waals surface area contributed by atoms with Gasteiger partial charge in [0.1, 0.15) is 6.61 Å². The van der Waals surface area contributed by atoms with Crippen LogP contribution in [0.25, 0.3) is 0 Å². The zero-order valence-electron chi connectivity index (χ0n) is 12.2. The van der Waals surface area contributed by atoms with Crippen molar-refractivity contribution >= 4 is 5.97 Å². The van der Waals surface area contributed by atoms with E-state index < -0.39 is 11.7 Å². The molecule has 118 valence electrons. The number of benzene rings is 1. The first-order valence-corrected chi connectivity index (χ1v) is 6.88. The molecule has 1 aromatic rings. The molecule has 0 aromatic heterocycles. The second-order valence-electron chi connectivity index (χ2n) is 4.83. The zero-order valence-corrected chi connectivity index (χ0v) is 12.2. The summed E-state index contributed by atoms with van der Waals surface area (Å²) in [5.41, 5.74) is -0.0144. The lowest BCUT2D eigenvalue weighted by Gasteiger charge is -2.15. The van der Waals surface area contributed by atoms with Gasteiger partial charge in [-0.2, -0.15) is 13.2 Å². The first-order chi connectivity index (χ1) is 9.82. The molecule has 0 spiro atoms. The summed E-state index contributed by atoms with van der Waals surface area (Å²) < 4.78 is 42.7. The second-order valence-corrected chi connectivity index (χ2v) is 4.83. The molecule has 0 radical (unpaired) electrons. The summed E-state index contributed by atoms with van der Waals surface area (Å²) >= 11 is 0. The van der Waals surface area contributed by atoms with E-state index >= 15 is 0 Å². The predicted molar refractivity (Wildman–Crippen MR) is 73.9 cm³/mol. The maximum absolute atomic E-state index is 12.6. The molecule has 3 nitrogen and oxygen atoms in total. The molecule has 6 heteroatoms. The lowest BCUT2D eigenvalue weighted by molar-refractivity contribution is -0.143. The number of rotatable bonds is 7. The van der Waals surface area contributed by atoms with Crippen LogP contribution < -0.4 is 5.32 Å².